The molecule has 0 saturated heterocycles. The van der Waals surface area contributed by atoms with Crippen LogP contribution in [0.1, 0.15) is 24.0 Å². The number of allylic oxidation sites excluding steroid dienone is 1. The van der Waals surface area contributed by atoms with Crippen molar-refractivity contribution in [1.82, 2.24) is 0 Å². The number of esters is 1. The Labute approximate surface area is 129 Å². The summed E-state index contributed by atoms with van der Waals surface area (Å²) < 4.78 is 18.1. The number of hydrogen-bond acceptors (Lipinski definition) is 2. The van der Waals surface area contributed by atoms with Crippen LogP contribution in [-0.4, -0.2) is 13.1 Å². The normalized spacial score (nSPS) is 15.5. The monoisotopic (exact) mass is 296 g/mol. The Morgan fingerprint density at radius 1 is 1.14 bits per heavy atom. The molecule has 0 amide bonds. The number of halogens is 1. The molecule has 22 heavy (non-hydrogen) atoms. The van der Waals surface area contributed by atoms with E-state index in [1.807, 2.05) is 18.2 Å². The van der Waals surface area contributed by atoms with E-state index in [1.54, 1.807) is 12.1 Å². The van der Waals surface area contributed by atoms with Gasteiger partial charge in [-0.05, 0) is 65.3 Å². The Kier molecular flexibility index (Phi) is 4.05. The zero-order chi connectivity index (χ0) is 15.5. The van der Waals surface area contributed by atoms with Gasteiger partial charge in [0.05, 0.1) is 7.11 Å². The zero-order valence-corrected chi connectivity index (χ0v) is 12.4. The Bertz CT molecular complexity index is 747. The molecule has 2 aromatic carbocycles. The molecule has 0 aromatic heterocycles. The fourth-order valence-electron chi connectivity index (χ4n) is 2.90. The molecular formula is C19H17FO2. The lowest BCUT2D eigenvalue weighted by Crippen LogP contribution is -2.05. The quantitative estimate of drug-likeness (QED) is 0.607. The van der Waals surface area contributed by atoms with Gasteiger partial charge in [-0.2, -0.15) is 0 Å². The molecule has 0 bridgehead atoms. The second-order valence-corrected chi connectivity index (χ2v) is 5.43. The smallest absolute Gasteiger partial charge is 0.330 e. The maximum atomic E-state index is 13.4. The van der Waals surface area contributed by atoms with Crippen molar-refractivity contribution >= 4 is 11.5 Å². The molecule has 0 spiro atoms. The summed E-state index contributed by atoms with van der Waals surface area (Å²) in [5.74, 6) is -0.584. The third kappa shape index (κ3) is 2.93. The van der Waals surface area contributed by atoms with E-state index in [-0.39, 0.29) is 11.8 Å². The summed E-state index contributed by atoms with van der Waals surface area (Å²) in [7, 11) is 1.38. The van der Waals surface area contributed by atoms with Gasteiger partial charge in [-0.3, -0.25) is 0 Å². The highest BCUT2D eigenvalue weighted by molar-refractivity contribution is 5.92. The lowest BCUT2D eigenvalue weighted by molar-refractivity contribution is -0.134. The molecule has 0 atom stereocenters. The number of rotatable bonds is 2. The molecular weight excluding hydrogens is 279 g/mol. The molecule has 3 heteroatoms. The summed E-state index contributed by atoms with van der Waals surface area (Å²) in [4.78, 5) is 11.5. The van der Waals surface area contributed by atoms with Gasteiger partial charge in [-0.15, -0.1) is 0 Å². The highest BCUT2D eigenvalue weighted by Gasteiger charge is 2.16. The highest BCUT2D eigenvalue weighted by Crippen LogP contribution is 2.34. The van der Waals surface area contributed by atoms with Gasteiger partial charge < -0.3 is 4.74 Å². The van der Waals surface area contributed by atoms with Gasteiger partial charge in [0.1, 0.15) is 5.82 Å². The van der Waals surface area contributed by atoms with Crippen LogP contribution in [0.3, 0.4) is 0 Å². The molecule has 0 heterocycles. The van der Waals surface area contributed by atoms with E-state index in [4.69, 9.17) is 4.74 Å². The number of aryl methyl sites for hydroxylation is 1. The third-order valence-electron chi connectivity index (χ3n) is 4.00. The molecule has 0 fully saturated rings. The molecule has 1 aliphatic carbocycles. The first-order valence-electron chi connectivity index (χ1n) is 7.35. The number of methoxy groups -OCH3 is 1. The summed E-state index contributed by atoms with van der Waals surface area (Å²) >= 11 is 0. The van der Waals surface area contributed by atoms with E-state index in [1.165, 1.54) is 24.8 Å². The first-order chi connectivity index (χ1) is 10.7. The molecule has 2 nitrogen and oxygen atoms in total. The second kappa shape index (κ2) is 6.14. The average molecular weight is 296 g/mol. The van der Waals surface area contributed by atoms with E-state index in [2.05, 4.69) is 6.07 Å². The summed E-state index contributed by atoms with van der Waals surface area (Å²) in [6.07, 6.45) is 4.44. The Hall–Kier alpha value is -2.42. The van der Waals surface area contributed by atoms with Crippen molar-refractivity contribution in [3.63, 3.8) is 0 Å². The van der Waals surface area contributed by atoms with Crippen LogP contribution in [0.5, 0.6) is 0 Å². The topological polar surface area (TPSA) is 26.3 Å². The van der Waals surface area contributed by atoms with Crippen LogP contribution in [0.4, 0.5) is 4.39 Å². The Morgan fingerprint density at radius 2 is 1.95 bits per heavy atom. The molecule has 2 aromatic rings. The van der Waals surface area contributed by atoms with Crippen molar-refractivity contribution in [3.8, 4) is 11.1 Å². The summed E-state index contributed by atoms with van der Waals surface area (Å²) in [5, 5.41) is 0. The van der Waals surface area contributed by atoms with Gasteiger partial charge in [-0.1, -0.05) is 24.3 Å². The van der Waals surface area contributed by atoms with Gasteiger partial charge in [0.25, 0.3) is 0 Å². The first kappa shape index (κ1) is 14.5. The van der Waals surface area contributed by atoms with E-state index in [0.717, 1.165) is 41.5 Å². The van der Waals surface area contributed by atoms with Crippen LogP contribution in [-0.2, 0) is 16.0 Å². The molecule has 0 unspecified atom stereocenters. The number of hydrogen-bond donors (Lipinski definition) is 0. The molecule has 3 rings (SSSR count). The van der Waals surface area contributed by atoms with E-state index in [0.29, 0.717) is 0 Å². The van der Waals surface area contributed by atoms with Gasteiger partial charge in [0.15, 0.2) is 0 Å². The number of ether oxygens (including phenoxy) is 1. The fourth-order valence-corrected chi connectivity index (χ4v) is 2.90. The SMILES string of the molecule is COC(=O)/C=C1\CCCc2ccc(-c3cccc(F)c3)cc21. The molecule has 0 N–H and O–H groups in total. The van der Waals surface area contributed by atoms with Gasteiger partial charge in [0.2, 0.25) is 0 Å². The van der Waals surface area contributed by atoms with Crippen LogP contribution in [0, 0.1) is 5.82 Å². The Morgan fingerprint density at radius 3 is 2.73 bits per heavy atom. The summed E-state index contributed by atoms with van der Waals surface area (Å²) in [6, 6.07) is 12.7. The maximum absolute atomic E-state index is 13.4. The van der Waals surface area contributed by atoms with Crippen LogP contribution < -0.4 is 0 Å². The van der Waals surface area contributed by atoms with Crippen LogP contribution in [0.15, 0.2) is 48.5 Å². The standard InChI is InChI=1S/C19H17FO2/c1-22-19(21)12-16-6-2-4-13-8-9-15(11-18(13)16)14-5-3-7-17(20)10-14/h3,5,7-12H,2,4,6H2,1H3/b16-12+. The number of carbonyl (C=O) groups is 1. The lowest BCUT2D eigenvalue weighted by atomic mass is 9.85. The molecule has 0 radical (unpaired) electrons. The largest absolute Gasteiger partial charge is 0.466 e. The minimum Gasteiger partial charge on any atom is -0.466 e. The predicted octanol–water partition coefficient (Wildman–Crippen LogP) is 4.39. The number of carbonyl (C=O) groups excluding carboxylic acids is 1. The maximum Gasteiger partial charge on any atom is 0.330 e. The van der Waals surface area contributed by atoms with Gasteiger partial charge in [-0.25, -0.2) is 9.18 Å². The first-order valence-corrected chi connectivity index (χ1v) is 7.35. The van der Waals surface area contributed by atoms with Crippen LogP contribution >= 0.6 is 0 Å². The zero-order valence-electron chi connectivity index (χ0n) is 12.4. The van der Waals surface area contributed by atoms with Crippen molar-refractivity contribution in [2.45, 2.75) is 19.3 Å². The highest BCUT2D eigenvalue weighted by atomic mass is 19.1. The van der Waals surface area contributed by atoms with Crippen molar-refractivity contribution in [2.75, 3.05) is 7.11 Å². The van der Waals surface area contributed by atoms with Crippen molar-refractivity contribution in [2.24, 2.45) is 0 Å². The van der Waals surface area contributed by atoms with Crippen molar-refractivity contribution in [3.05, 3.63) is 65.5 Å². The fraction of sp³-hybridized carbons (Fsp3) is 0.211. The minimum absolute atomic E-state index is 0.249. The summed E-state index contributed by atoms with van der Waals surface area (Å²) in [5.41, 5.74) is 5.08. The number of benzene rings is 2. The van der Waals surface area contributed by atoms with E-state index >= 15 is 0 Å². The Balaban J connectivity index is 2.06. The average Bonchev–Trinajstić information content (AvgIpc) is 2.54. The molecule has 0 aliphatic heterocycles. The van der Waals surface area contributed by atoms with Gasteiger partial charge >= 0.3 is 5.97 Å². The van der Waals surface area contributed by atoms with Crippen LogP contribution in [0.2, 0.25) is 0 Å². The van der Waals surface area contributed by atoms with Crippen molar-refractivity contribution < 1.29 is 13.9 Å². The van der Waals surface area contributed by atoms with Crippen molar-refractivity contribution in [1.29, 1.82) is 0 Å². The molecule has 1 aliphatic rings. The minimum atomic E-state index is -0.334. The predicted molar refractivity (Wildman–Crippen MR) is 84.8 cm³/mol. The molecule has 0 saturated carbocycles. The van der Waals surface area contributed by atoms with E-state index < -0.39 is 0 Å². The van der Waals surface area contributed by atoms with Gasteiger partial charge in [0, 0.05) is 6.08 Å². The summed E-state index contributed by atoms with van der Waals surface area (Å²) in [6.45, 7) is 0. The second-order valence-electron chi connectivity index (χ2n) is 5.43. The molecule has 112 valence electrons. The van der Waals surface area contributed by atoms with E-state index in [9.17, 15) is 9.18 Å². The van der Waals surface area contributed by atoms with Crippen LogP contribution in [0.25, 0.3) is 16.7 Å². The third-order valence-corrected chi connectivity index (χ3v) is 4.00. The number of fused-ring (bicyclic) bond motifs is 1. The lowest BCUT2D eigenvalue weighted by Gasteiger charge is -2.20.